The molecule has 0 bridgehead atoms. The number of carbonyl (C=O) groups excluding carboxylic acids is 1. The van der Waals surface area contributed by atoms with Gasteiger partial charge < -0.3 is 15.6 Å². The summed E-state index contributed by atoms with van der Waals surface area (Å²) in [5, 5.41) is 9.82. The van der Waals surface area contributed by atoms with Gasteiger partial charge in [-0.15, -0.1) is 0 Å². The van der Waals surface area contributed by atoms with Crippen LogP contribution in [0.5, 0.6) is 5.75 Å². The van der Waals surface area contributed by atoms with Crippen LogP contribution in [0, 0.1) is 0 Å². The molecular formula is C14H12ClNO3. The first-order chi connectivity index (χ1) is 9.08. The molecule has 0 radical (unpaired) electrons. The van der Waals surface area contributed by atoms with Crippen LogP contribution >= 0.6 is 11.6 Å². The number of ether oxygens (including phenoxy) is 1. The summed E-state index contributed by atoms with van der Waals surface area (Å²) in [6.07, 6.45) is 0. The highest BCUT2D eigenvalue weighted by atomic mass is 35.5. The van der Waals surface area contributed by atoms with Crippen molar-refractivity contribution in [2.45, 2.75) is 6.61 Å². The summed E-state index contributed by atoms with van der Waals surface area (Å²) < 4.78 is 5.13. The zero-order valence-corrected chi connectivity index (χ0v) is 10.7. The summed E-state index contributed by atoms with van der Waals surface area (Å²) in [7, 11) is 0. The second-order valence-corrected chi connectivity index (χ2v) is 4.35. The van der Waals surface area contributed by atoms with Gasteiger partial charge in [-0.25, -0.2) is 4.79 Å². The molecule has 19 heavy (non-hydrogen) atoms. The summed E-state index contributed by atoms with van der Waals surface area (Å²) in [4.78, 5) is 11.8. The Bertz CT molecular complexity index is 613. The first-order valence-corrected chi connectivity index (χ1v) is 5.95. The minimum Gasteiger partial charge on any atom is -0.506 e. The lowest BCUT2D eigenvalue weighted by atomic mass is 10.2. The molecule has 0 aliphatic rings. The van der Waals surface area contributed by atoms with Gasteiger partial charge >= 0.3 is 5.97 Å². The van der Waals surface area contributed by atoms with Crippen molar-refractivity contribution >= 4 is 23.3 Å². The van der Waals surface area contributed by atoms with Gasteiger partial charge in [-0.1, -0.05) is 29.8 Å². The Morgan fingerprint density at radius 3 is 2.68 bits per heavy atom. The molecule has 4 nitrogen and oxygen atoms in total. The molecule has 0 unspecified atom stereocenters. The highest BCUT2D eigenvalue weighted by Gasteiger charge is 2.10. The fourth-order valence-corrected chi connectivity index (χ4v) is 1.71. The maximum Gasteiger partial charge on any atom is 0.338 e. The summed E-state index contributed by atoms with van der Waals surface area (Å²) in [5.41, 5.74) is 6.65. The number of hydrogen-bond acceptors (Lipinski definition) is 4. The molecule has 0 fully saturated rings. The lowest BCUT2D eigenvalue weighted by Crippen LogP contribution is -2.06. The Morgan fingerprint density at radius 1 is 1.26 bits per heavy atom. The van der Waals surface area contributed by atoms with Crippen LogP contribution in [0.15, 0.2) is 42.5 Å². The molecule has 0 aliphatic heterocycles. The minimum atomic E-state index is -0.522. The summed E-state index contributed by atoms with van der Waals surface area (Å²) >= 11 is 5.96. The van der Waals surface area contributed by atoms with Gasteiger partial charge in [-0.2, -0.15) is 0 Å². The first kappa shape index (κ1) is 13.2. The van der Waals surface area contributed by atoms with Crippen LogP contribution in [0.4, 0.5) is 5.69 Å². The van der Waals surface area contributed by atoms with E-state index in [1.807, 2.05) is 6.07 Å². The molecule has 2 rings (SSSR count). The van der Waals surface area contributed by atoms with Crippen molar-refractivity contribution in [3.8, 4) is 5.75 Å². The predicted octanol–water partition coefficient (Wildman–Crippen LogP) is 2.98. The van der Waals surface area contributed by atoms with E-state index < -0.39 is 5.97 Å². The third-order valence-electron chi connectivity index (χ3n) is 2.58. The van der Waals surface area contributed by atoms with E-state index in [1.165, 1.54) is 18.2 Å². The Labute approximate surface area is 115 Å². The highest BCUT2D eigenvalue weighted by molar-refractivity contribution is 6.31. The molecular weight excluding hydrogens is 266 g/mol. The normalized spacial score (nSPS) is 10.2. The number of aromatic hydroxyl groups is 1. The molecule has 0 saturated heterocycles. The lowest BCUT2D eigenvalue weighted by Gasteiger charge is -2.07. The number of esters is 1. The fraction of sp³-hybridized carbons (Fsp3) is 0.0714. The second-order valence-electron chi connectivity index (χ2n) is 3.94. The molecule has 0 saturated carbocycles. The molecule has 0 spiro atoms. The summed E-state index contributed by atoms with van der Waals surface area (Å²) in [6.45, 7) is 0.0826. The monoisotopic (exact) mass is 277 g/mol. The molecule has 0 heterocycles. The fourth-order valence-electron chi connectivity index (χ4n) is 1.52. The Morgan fingerprint density at radius 2 is 2.00 bits per heavy atom. The molecule has 0 atom stereocenters. The maximum atomic E-state index is 11.8. The smallest absolute Gasteiger partial charge is 0.338 e. The van der Waals surface area contributed by atoms with Gasteiger partial charge in [-0.05, 0) is 24.3 Å². The van der Waals surface area contributed by atoms with Crippen LogP contribution in [0.25, 0.3) is 0 Å². The number of hydrogen-bond donors (Lipinski definition) is 2. The van der Waals surface area contributed by atoms with E-state index in [0.29, 0.717) is 5.02 Å². The van der Waals surface area contributed by atoms with Crippen LogP contribution in [0.1, 0.15) is 15.9 Å². The number of nitrogens with two attached hydrogens (primary N) is 1. The number of carbonyl (C=O) groups is 1. The second kappa shape index (κ2) is 5.63. The van der Waals surface area contributed by atoms with Crippen LogP contribution in [0.3, 0.4) is 0 Å². The van der Waals surface area contributed by atoms with Crippen molar-refractivity contribution in [3.63, 3.8) is 0 Å². The molecule has 3 N–H and O–H groups in total. The van der Waals surface area contributed by atoms with Crippen LogP contribution in [-0.2, 0) is 11.3 Å². The van der Waals surface area contributed by atoms with Gasteiger partial charge in [0, 0.05) is 10.6 Å². The van der Waals surface area contributed by atoms with Crippen molar-refractivity contribution in [3.05, 3.63) is 58.6 Å². The number of phenols is 1. The zero-order chi connectivity index (χ0) is 13.8. The summed E-state index contributed by atoms with van der Waals surface area (Å²) in [6, 6.07) is 11.3. The molecule has 5 heteroatoms. The largest absolute Gasteiger partial charge is 0.506 e. The van der Waals surface area contributed by atoms with Crippen LogP contribution in [-0.4, -0.2) is 11.1 Å². The maximum absolute atomic E-state index is 11.8. The van der Waals surface area contributed by atoms with Gasteiger partial charge in [0.05, 0.1) is 11.3 Å². The number of benzene rings is 2. The third kappa shape index (κ3) is 3.17. The minimum absolute atomic E-state index is 0.0670. The lowest BCUT2D eigenvalue weighted by molar-refractivity contribution is 0.0473. The third-order valence-corrected chi connectivity index (χ3v) is 2.95. The van der Waals surface area contributed by atoms with E-state index in [-0.39, 0.29) is 23.6 Å². The van der Waals surface area contributed by atoms with Crippen molar-refractivity contribution in [1.82, 2.24) is 0 Å². The number of nitrogen functional groups attached to an aromatic ring is 1. The molecule has 2 aromatic carbocycles. The summed E-state index contributed by atoms with van der Waals surface area (Å²) in [5.74, 6) is -0.589. The van der Waals surface area contributed by atoms with Gasteiger partial charge in [-0.3, -0.25) is 0 Å². The Kier molecular flexibility index (Phi) is 3.92. The van der Waals surface area contributed by atoms with E-state index >= 15 is 0 Å². The number of rotatable bonds is 3. The first-order valence-electron chi connectivity index (χ1n) is 5.57. The van der Waals surface area contributed by atoms with E-state index in [9.17, 15) is 9.90 Å². The standard InChI is InChI=1S/C14H12ClNO3/c15-11-4-2-1-3-10(11)8-19-14(18)9-5-6-13(17)12(16)7-9/h1-7,17H,8,16H2. The average molecular weight is 278 g/mol. The Balaban J connectivity index is 2.05. The molecule has 0 aromatic heterocycles. The van der Waals surface area contributed by atoms with Crippen molar-refractivity contribution in [2.24, 2.45) is 0 Å². The van der Waals surface area contributed by atoms with Crippen molar-refractivity contribution < 1.29 is 14.6 Å². The van der Waals surface area contributed by atoms with E-state index in [4.69, 9.17) is 22.1 Å². The quantitative estimate of drug-likeness (QED) is 0.514. The SMILES string of the molecule is Nc1cc(C(=O)OCc2ccccc2Cl)ccc1O. The van der Waals surface area contributed by atoms with Crippen molar-refractivity contribution in [2.75, 3.05) is 5.73 Å². The van der Waals surface area contributed by atoms with E-state index in [0.717, 1.165) is 5.56 Å². The van der Waals surface area contributed by atoms with Crippen LogP contribution in [0.2, 0.25) is 5.02 Å². The van der Waals surface area contributed by atoms with Gasteiger partial charge in [0.1, 0.15) is 12.4 Å². The Hall–Kier alpha value is -2.20. The van der Waals surface area contributed by atoms with Crippen LogP contribution < -0.4 is 5.73 Å². The molecule has 0 aliphatic carbocycles. The predicted molar refractivity (Wildman–Crippen MR) is 73.1 cm³/mol. The molecule has 98 valence electrons. The number of halogens is 1. The van der Waals surface area contributed by atoms with E-state index in [2.05, 4.69) is 0 Å². The number of anilines is 1. The average Bonchev–Trinajstić information content (AvgIpc) is 2.40. The molecule has 2 aromatic rings. The zero-order valence-electron chi connectivity index (χ0n) is 9.97. The molecule has 0 amide bonds. The van der Waals surface area contributed by atoms with Gasteiger partial charge in [0.15, 0.2) is 0 Å². The topological polar surface area (TPSA) is 72.6 Å². The van der Waals surface area contributed by atoms with Crippen molar-refractivity contribution in [1.29, 1.82) is 0 Å². The highest BCUT2D eigenvalue weighted by Crippen LogP contribution is 2.21. The van der Waals surface area contributed by atoms with Gasteiger partial charge in [0.25, 0.3) is 0 Å². The van der Waals surface area contributed by atoms with E-state index in [1.54, 1.807) is 18.2 Å². The van der Waals surface area contributed by atoms with Gasteiger partial charge in [0.2, 0.25) is 0 Å². The number of phenolic OH excluding ortho intramolecular Hbond substituents is 1.